The highest BCUT2D eigenvalue weighted by molar-refractivity contribution is 5.71. The fourth-order valence-electron chi connectivity index (χ4n) is 2.84. The summed E-state index contributed by atoms with van der Waals surface area (Å²) in [5, 5.41) is 33.5. The summed E-state index contributed by atoms with van der Waals surface area (Å²) < 4.78 is 1.58. The molecule has 2 aromatic carbocycles. The average molecular weight is 432 g/mol. The quantitative estimate of drug-likeness (QED) is 0.245. The molecule has 0 fully saturated rings. The first-order valence-corrected chi connectivity index (χ1v) is 9.24. The molecule has 32 heavy (non-hydrogen) atoms. The standard InChI is InChI=1S/C19H16N10O3/c1-11-15(22-21-12-7-9-14(10-8-12)29(31)32)18(25-23-16-17(20)24-26-19(16)30)28(27-11)13-5-3-2-4-6-13/h2-10,20-22,25H,1H3/b20-17?,23-16-. The number of rotatable bonds is 7. The maximum absolute atomic E-state index is 11.8. The Hall–Kier alpha value is -4.94. The van der Waals surface area contributed by atoms with Crippen LogP contribution in [0.1, 0.15) is 5.69 Å². The molecule has 2 heterocycles. The second-order valence-electron chi connectivity index (χ2n) is 6.54. The molecule has 4 rings (SSSR count). The van der Waals surface area contributed by atoms with E-state index in [1.165, 1.54) is 12.1 Å². The van der Waals surface area contributed by atoms with Crippen molar-refractivity contribution >= 4 is 22.9 Å². The normalized spacial score (nSPS) is 11.3. The summed E-state index contributed by atoms with van der Waals surface area (Å²) in [5.74, 6) is 0.378. The highest BCUT2D eigenvalue weighted by atomic mass is 16.6. The molecule has 2 aromatic heterocycles. The summed E-state index contributed by atoms with van der Waals surface area (Å²) in [5.41, 5.74) is 10.1. The van der Waals surface area contributed by atoms with Gasteiger partial charge in [-0.15, -0.1) is 10.2 Å². The highest BCUT2D eigenvalue weighted by Gasteiger charge is 2.17. The van der Waals surface area contributed by atoms with Crippen LogP contribution in [0, 0.1) is 22.4 Å². The maximum Gasteiger partial charge on any atom is 0.319 e. The van der Waals surface area contributed by atoms with Gasteiger partial charge in [0.15, 0.2) is 11.2 Å². The number of nitro groups is 1. The Morgan fingerprint density at radius 2 is 1.78 bits per heavy atom. The number of nitrogens with zero attached hydrogens (tertiary/aromatic N) is 6. The fraction of sp³-hybridized carbons (Fsp3) is 0.0526. The van der Waals surface area contributed by atoms with Gasteiger partial charge in [-0.2, -0.15) is 10.2 Å². The Kier molecular flexibility index (Phi) is 5.36. The van der Waals surface area contributed by atoms with Gasteiger partial charge >= 0.3 is 5.56 Å². The highest BCUT2D eigenvalue weighted by Crippen LogP contribution is 2.29. The molecular formula is C19H16N10O3. The van der Waals surface area contributed by atoms with Crippen LogP contribution < -0.4 is 32.7 Å². The second-order valence-corrected chi connectivity index (χ2v) is 6.54. The minimum absolute atomic E-state index is 0.0266. The van der Waals surface area contributed by atoms with Crippen LogP contribution >= 0.6 is 0 Å². The summed E-state index contributed by atoms with van der Waals surface area (Å²) in [6.07, 6.45) is 0. The lowest BCUT2D eigenvalue weighted by Gasteiger charge is -2.12. The van der Waals surface area contributed by atoms with Gasteiger partial charge in [0.2, 0.25) is 5.49 Å². The molecule has 0 saturated heterocycles. The number of hydrogen-bond acceptors (Lipinski definition) is 11. The van der Waals surface area contributed by atoms with Gasteiger partial charge in [0.05, 0.1) is 22.0 Å². The average Bonchev–Trinajstić information content (AvgIpc) is 3.29. The number of anilines is 3. The van der Waals surface area contributed by atoms with Crippen LogP contribution in [0.3, 0.4) is 0 Å². The largest absolute Gasteiger partial charge is 0.319 e. The van der Waals surface area contributed by atoms with Crippen LogP contribution in [-0.4, -0.2) is 24.9 Å². The molecule has 0 radical (unpaired) electrons. The zero-order chi connectivity index (χ0) is 22.7. The van der Waals surface area contributed by atoms with E-state index in [0.717, 1.165) is 5.69 Å². The molecule has 13 nitrogen and oxygen atoms in total. The first-order valence-electron chi connectivity index (χ1n) is 9.24. The van der Waals surface area contributed by atoms with Gasteiger partial charge in [-0.05, 0) is 31.2 Å². The molecular weight excluding hydrogens is 416 g/mol. The molecule has 0 unspecified atom stereocenters. The lowest BCUT2D eigenvalue weighted by Crippen LogP contribution is -2.34. The maximum atomic E-state index is 11.8. The van der Waals surface area contributed by atoms with Crippen molar-refractivity contribution in [3.63, 3.8) is 0 Å². The summed E-state index contributed by atoms with van der Waals surface area (Å²) >= 11 is 0. The molecule has 0 atom stereocenters. The minimum atomic E-state index is -0.719. The second kappa shape index (κ2) is 8.43. The summed E-state index contributed by atoms with van der Waals surface area (Å²) in [4.78, 5) is 22.1. The van der Waals surface area contributed by atoms with Crippen LogP contribution in [0.2, 0.25) is 0 Å². The lowest BCUT2D eigenvalue weighted by molar-refractivity contribution is -0.384. The molecule has 4 N–H and O–H groups in total. The van der Waals surface area contributed by atoms with Crippen molar-refractivity contribution < 1.29 is 4.92 Å². The van der Waals surface area contributed by atoms with E-state index in [2.05, 4.69) is 36.7 Å². The molecule has 0 bridgehead atoms. The number of hydrogen-bond donors (Lipinski definition) is 4. The van der Waals surface area contributed by atoms with Gasteiger partial charge in [-0.1, -0.05) is 18.2 Å². The van der Waals surface area contributed by atoms with E-state index in [0.29, 0.717) is 22.9 Å². The summed E-state index contributed by atoms with van der Waals surface area (Å²) in [6, 6.07) is 15.1. The number of para-hydroxylation sites is 1. The third-order valence-corrected chi connectivity index (χ3v) is 4.41. The van der Waals surface area contributed by atoms with Crippen LogP contribution in [0.4, 0.5) is 22.9 Å². The molecule has 0 aliphatic rings. The first kappa shape index (κ1) is 20.3. The Labute approximate surface area is 179 Å². The number of aromatic nitrogens is 4. The van der Waals surface area contributed by atoms with Crippen molar-refractivity contribution in [2.45, 2.75) is 6.92 Å². The van der Waals surface area contributed by atoms with Gasteiger partial charge in [-0.3, -0.25) is 31.2 Å². The van der Waals surface area contributed by atoms with Gasteiger partial charge in [0.1, 0.15) is 5.69 Å². The molecule has 13 heteroatoms. The van der Waals surface area contributed by atoms with Gasteiger partial charge in [0, 0.05) is 12.1 Å². The first-order chi connectivity index (χ1) is 15.4. The van der Waals surface area contributed by atoms with Crippen LogP contribution in [0.15, 0.2) is 64.5 Å². The van der Waals surface area contributed by atoms with Gasteiger partial charge < -0.3 is 5.43 Å². The third kappa shape index (κ3) is 4.02. The molecule has 4 aromatic rings. The van der Waals surface area contributed by atoms with E-state index in [9.17, 15) is 14.9 Å². The molecule has 0 saturated carbocycles. The molecule has 160 valence electrons. The number of benzene rings is 2. The summed E-state index contributed by atoms with van der Waals surface area (Å²) in [6.45, 7) is 1.77. The number of nitrogens with one attached hydrogen (secondary N) is 4. The fourth-order valence-corrected chi connectivity index (χ4v) is 2.84. The van der Waals surface area contributed by atoms with E-state index < -0.39 is 10.5 Å². The van der Waals surface area contributed by atoms with E-state index in [1.54, 1.807) is 23.7 Å². The van der Waals surface area contributed by atoms with Gasteiger partial charge in [0.25, 0.3) is 5.69 Å². The molecule has 0 amide bonds. The SMILES string of the molecule is Cc1nn(-c2ccccc2)c(N/N=c2/c(=N)nnc2=O)c1NNc1ccc([N+](=O)[O-])cc1. The van der Waals surface area contributed by atoms with E-state index in [-0.39, 0.29) is 16.5 Å². The van der Waals surface area contributed by atoms with E-state index in [1.807, 2.05) is 30.3 Å². The van der Waals surface area contributed by atoms with Crippen molar-refractivity contribution in [2.75, 3.05) is 16.3 Å². The van der Waals surface area contributed by atoms with Crippen molar-refractivity contribution in [2.24, 2.45) is 5.10 Å². The van der Waals surface area contributed by atoms with E-state index >= 15 is 0 Å². The predicted octanol–water partition coefficient (Wildman–Crippen LogP) is 0.961. The monoisotopic (exact) mass is 432 g/mol. The lowest BCUT2D eigenvalue weighted by atomic mass is 10.3. The van der Waals surface area contributed by atoms with Crippen LogP contribution in [0.5, 0.6) is 0 Å². The number of aryl methyl sites for hydroxylation is 1. The zero-order valence-corrected chi connectivity index (χ0v) is 16.6. The Balaban J connectivity index is 1.70. The molecule has 0 spiro atoms. The predicted molar refractivity (Wildman–Crippen MR) is 114 cm³/mol. The van der Waals surface area contributed by atoms with Crippen molar-refractivity contribution in [3.8, 4) is 5.69 Å². The zero-order valence-electron chi connectivity index (χ0n) is 16.6. The Bertz CT molecular complexity index is 1390. The molecule has 0 aliphatic carbocycles. The van der Waals surface area contributed by atoms with Crippen LogP contribution in [0.25, 0.3) is 5.69 Å². The van der Waals surface area contributed by atoms with Crippen molar-refractivity contribution in [3.05, 3.63) is 91.6 Å². The van der Waals surface area contributed by atoms with Crippen molar-refractivity contribution in [1.29, 1.82) is 5.41 Å². The van der Waals surface area contributed by atoms with Crippen molar-refractivity contribution in [1.82, 2.24) is 20.0 Å². The minimum Gasteiger partial charge on any atom is -0.301 e. The molecule has 0 aliphatic heterocycles. The number of hydrazine groups is 1. The third-order valence-electron chi connectivity index (χ3n) is 4.41. The smallest absolute Gasteiger partial charge is 0.301 e. The topological polar surface area (TPSA) is 176 Å². The van der Waals surface area contributed by atoms with E-state index in [4.69, 9.17) is 5.41 Å². The van der Waals surface area contributed by atoms with Crippen LogP contribution in [-0.2, 0) is 0 Å². The number of non-ortho nitro benzene ring substituents is 1. The van der Waals surface area contributed by atoms with Gasteiger partial charge in [-0.25, -0.2) is 4.68 Å². The Morgan fingerprint density at radius 3 is 2.41 bits per heavy atom. The Morgan fingerprint density at radius 1 is 1.06 bits per heavy atom. The number of nitro benzene ring substituents is 1. The summed E-state index contributed by atoms with van der Waals surface area (Å²) in [7, 11) is 0.